The minimum Gasteiger partial charge on any atom is -0.492 e. The summed E-state index contributed by atoms with van der Waals surface area (Å²) in [5, 5.41) is 1.15. The number of ether oxygens (including phenoxy) is 1. The highest BCUT2D eigenvalue weighted by Crippen LogP contribution is 2.33. The Morgan fingerprint density at radius 1 is 1.10 bits per heavy atom. The largest absolute Gasteiger partial charge is 0.492 e. The quantitative estimate of drug-likeness (QED) is 0.878. The van der Waals surface area contributed by atoms with Gasteiger partial charge in [-0.3, -0.25) is 0 Å². The van der Waals surface area contributed by atoms with Gasteiger partial charge in [0.1, 0.15) is 12.4 Å². The molecular formula is C16H17Cl2NO. The van der Waals surface area contributed by atoms with Gasteiger partial charge in [0, 0.05) is 6.54 Å². The zero-order valence-corrected chi connectivity index (χ0v) is 12.8. The molecule has 0 aliphatic rings. The number of hydrogen-bond acceptors (Lipinski definition) is 2. The van der Waals surface area contributed by atoms with E-state index in [4.69, 9.17) is 33.7 Å². The van der Waals surface area contributed by atoms with Crippen LogP contribution in [0.2, 0.25) is 10.0 Å². The molecule has 0 aromatic heterocycles. The molecule has 106 valence electrons. The number of rotatable bonds is 5. The van der Waals surface area contributed by atoms with E-state index in [0.29, 0.717) is 23.2 Å². The van der Waals surface area contributed by atoms with Crippen LogP contribution in [-0.4, -0.2) is 13.2 Å². The van der Waals surface area contributed by atoms with Gasteiger partial charge < -0.3 is 10.5 Å². The lowest BCUT2D eigenvalue weighted by molar-refractivity contribution is 0.328. The van der Waals surface area contributed by atoms with Crippen LogP contribution >= 0.6 is 23.2 Å². The second kappa shape index (κ2) is 6.98. The molecule has 0 radical (unpaired) electrons. The Morgan fingerprint density at radius 3 is 2.55 bits per heavy atom. The van der Waals surface area contributed by atoms with Crippen molar-refractivity contribution in [3.63, 3.8) is 0 Å². The smallest absolute Gasteiger partial charge is 0.119 e. The first-order chi connectivity index (χ1) is 9.65. The molecule has 0 atom stereocenters. The highest BCUT2D eigenvalue weighted by atomic mass is 35.5. The third kappa shape index (κ3) is 3.45. The first kappa shape index (κ1) is 15.2. The normalized spacial score (nSPS) is 10.6. The molecule has 0 bridgehead atoms. The van der Waals surface area contributed by atoms with E-state index >= 15 is 0 Å². The Kier molecular flexibility index (Phi) is 5.30. The zero-order valence-electron chi connectivity index (χ0n) is 11.3. The summed E-state index contributed by atoms with van der Waals surface area (Å²) >= 11 is 12.2. The van der Waals surface area contributed by atoms with Crippen molar-refractivity contribution in [2.24, 2.45) is 5.73 Å². The van der Waals surface area contributed by atoms with E-state index < -0.39 is 0 Å². The average molecular weight is 310 g/mol. The van der Waals surface area contributed by atoms with Gasteiger partial charge in [0.15, 0.2) is 0 Å². The van der Waals surface area contributed by atoms with E-state index in [1.807, 2.05) is 36.4 Å². The Labute approximate surface area is 129 Å². The number of benzene rings is 2. The molecule has 0 heterocycles. The summed E-state index contributed by atoms with van der Waals surface area (Å²) in [5.41, 5.74) is 8.76. The summed E-state index contributed by atoms with van der Waals surface area (Å²) in [5.74, 6) is 0.807. The summed E-state index contributed by atoms with van der Waals surface area (Å²) in [7, 11) is 0. The molecule has 2 aromatic rings. The monoisotopic (exact) mass is 309 g/mol. The third-order valence-corrected chi connectivity index (χ3v) is 3.78. The minimum atomic E-state index is 0.497. The van der Waals surface area contributed by atoms with Gasteiger partial charge in [-0.15, -0.1) is 0 Å². The van der Waals surface area contributed by atoms with E-state index in [2.05, 4.69) is 6.92 Å². The standard InChI is InChI=1S/C16H17Cl2NO/c1-2-11-9-15(17)16(18)10-14(11)12-4-3-5-13(8-12)20-7-6-19/h3-5,8-10H,2,6-7,19H2,1H3. The van der Waals surface area contributed by atoms with E-state index in [0.717, 1.165) is 28.9 Å². The van der Waals surface area contributed by atoms with Crippen LogP contribution in [0.15, 0.2) is 36.4 Å². The number of aryl methyl sites for hydroxylation is 1. The molecular weight excluding hydrogens is 293 g/mol. The first-order valence-corrected chi connectivity index (χ1v) is 7.32. The molecule has 0 spiro atoms. The minimum absolute atomic E-state index is 0.497. The summed E-state index contributed by atoms with van der Waals surface area (Å²) < 4.78 is 5.56. The maximum absolute atomic E-state index is 6.14. The number of halogens is 2. The van der Waals surface area contributed by atoms with E-state index in [1.54, 1.807) is 0 Å². The van der Waals surface area contributed by atoms with Crippen LogP contribution in [0.4, 0.5) is 0 Å². The van der Waals surface area contributed by atoms with E-state index in [9.17, 15) is 0 Å². The van der Waals surface area contributed by atoms with Crippen molar-refractivity contribution < 1.29 is 4.74 Å². The predicted molar refractivity (Wildman–Crippen MR) is 85.8 cm³/mol. The second-order valence-corrected chi connectivity index (χ2v) is 5.26. The molecule has 0 aliphatic carbocycles. The Balaban J connectivity index is 2.42. The van der Waals surface area contributed by atoms with E-state index in [-0.39, 0.29) is 0 Å². The lowest BCUT2D eigenvalue weighted by Crippen LogP contribution is -2.10. The van der Waals surface area contributed by atoms with Gasteiger partial charge in [-0.05, 0) is 47.4 Å². The lowest BCUT2D eigenvalue weighted by atomic mass is 9.98. The van der Waals surface area contributed by atoms with Crippen LogP contribution in [0.1, 0.15) is 12.5 Å². The SMILES string of the molecule is CCc1cc(Cl)c(Cl)cc1-c1cccc(OCCN)c1. The number of nitrogens with two attached hydrogens (primary N) is 1. The average Bonchev–Trinajstić information content (AvgIpc) is 2.47. The summed E-state index contributed by atoms with van der Waals surface area (Å²) in [6.45, 7) is 3.10. The summed E-state index contributed by atoms with van der Waals surface area (Å²) in [6.07, 6.45) is 0.889. The van der Waals surface area contributed by atoms with Gasteiger partial charge in [0.05, 0.1) is 10.0 Å². The molecule has 0 saturated carbocycles. The fourth-order valence-electron chi connectivity index (χ4n) is 2.08. The van der Waals surface area contributed by atoms with E-state index in [1.165, 1.54) is 0 Å². The fourth-order valence-corrected chi connectivity index (χ4v) is 2.43. The zero-order chi connectivity index (χ0) is 14.5. The highest BCUT2D eigenvalue weighted by Gasteiger charge is 2.09. The summed E-state index contributed by atoms with van der Waals surface area (Å²) in [6, 6.07) is 11.7. The Hall–Kier alpha value is -1.22. The van der Waals surface area contributed by atoms with Gasteiger partial charge in [-0.1, -0.05) is 42.3 Å². The van der Waals surface area contributed by atoms with Gasteiger partial charge in [0.2, 0.25) is 0 Å². The number of hydrogen-bond donors (Lipinski definition) is 1. The van der Waals surface area contributed by atoms with Gasteiger partial charge in [-0.2, -0.15) is 0 Å². The molecule has 2 N–H and O–H groups in total. The first-order valence-electron chi connectivity index (χ1n) is 6.57. The van der Waals surface area contributed by atoms with Crippen LogP contribution < -0.4 is 10.5 Å². The molecule has 0 saturated heterocycles. The van der Waals surface area contributed by atoms with Crippen molar-refractivity contribution in [3.8, 4) is 16.9 Å². The molecule has 0 fully saturated rings. The lowest BCUT2D eigenvalue weighted by Gasteiger charge is -2.12. The fraction of sp³-hybridized carbons (Fsp3) is 0.250. The Morgan fingerprint density at radius 2 is 1.85 bits per heavy atom. The third-order valence-electron chi connectivity index (χ3n) is 3.06. The van der Waals surface area contributed by atoms with Crippen molar-refractivity contribution in [1.82, 2.24) is 0 Å². The van der Waals surface area contributed by atoms with Gasteiger partial charge in [0.25, 0.3) is 0 Å². The van der Waals surface area contributed by atoms with Crippen molar-refractivity contribution in [2.75, 3.05) is 13.2 Å². The maximum Gasteiger partial charge on any atom is 0.119 e. The molecule has 20 heavy (non-hydrogen) atoms. The van der Waals surface area contributed by atoms with Crippen LogP contribution in [-0.2, 0) is 6.42 Å². The van der Waals surface area contributed by atoms with Crippen LogP contribution in [0.5, 0.6) is 5.75 Å². The van der Waals surface area contributed by atoms with Crippen LogP contribution in [0, 0.1) is 0 Å². The molecule has 2 nitrogen and oxygen atoms in total. The van der Waals surface area contributed by atoms with Crippen LogP contribution in [0.25, 0.3) is 11.1 Å². The van der Waals surface area contributed by atoms with Crippen molar-refractivity contribution in [3.05, 3.63) is 52.0 Å². The van der Waals surface area contributed by atoms with Crippen LogP contribution in [0.3, 0.4) is 0 Å². The van der Waals surface area contributed by atoms with Gasteiger partial charge in [-0.25, -0.2) is 0 Å². The molecule has 4 heteroatoms. The summed E-state index contributed by atoms with van der Waals surface area (Å²) in [4.78, 5) is 0. The highest BCUT2D eigenvalue weighted by molar-refractivity contribution is 6.42. The maximum atomic E-state index is 6.14. The predicted octanol–water partition coefficient (Wildman–Crippen LogP) is 4.56. The molecule has 0 unspecified atom stereocenters. The molecule has 0 aliphatic heterocycles. The van der Waals surface area contributed by atoms with Crippen molar-refractivity contribution in [1.29, 1.82) is 0 Å². The Bertz CT molecular complexity index is 599. The topological polar surface area (TPSA) is 35.2 Å². The molecule has 2 rings (SSSR count). The van der Waals surface area contributed by atoms with Crippen molar-refractivity contribution >= 4 is 23.2 Å². The van der Waals surface area contributed by atoms with Crippen molar-refractivity contribution in [2.45, 2.75) is 13.3 Å². The van der Waals surface area contributed by atoms with Gasteiger partial charge >= 0.3 is 0 Å². The second-order valence-electron chi connectivity index (χ2n) is 4.44. The molecule has 0 amide bonds. The molecule has 2 aromatic carbocycles.